The van der Waals surface area contributed by atoms with Gasteiger partial charge in [-0.05, 0) is 84.7 Å². The highest BCUT2D eigenvalue weighted by Crippen LogP contribution is 2.48. The maximum atomic E-state index is 12.7. The average Bonchev–Trinajstić information content (AvgIpc) is 3.30. The van der Waals surface area contributed by atoms with Gasteiger partial charge in [0.25, 0.3) is 0 Å². The number of hydrogen-bond acceptors (Lipinski definition) is 5. The van der Waals surface area contributed by atoms with Crippen LogP contribution in [0.25, 0.3) is 33.1 Å². The van der Waals surface area contributed by atoms with E-state index < -0.39 is 9.84 Å². The lowest BCUT2D eigenvalue weighted by Crippen LogP contribution is -2.62. The molecular weight excluding hydrogens is 542 g/mol. The van der Waals surface area contributed by atoms with Crippen molar-refractivity contribution in [1.82, 2.24) is 14.9 Å². The van der Waals surface area contributed by atoms with Gasteiger partial charge in [-0.2, -0.15) is 0 Å². The van der Waals surface area contributed by atoms with Crippen LogP contribution in [0.4, 0.5) is 0 Å². The first-order valence-electron chi connectivity index (χ1n) is 15.2. The second kappa shape index (κ2) is 11.6. The summed E-state index contributed by atoms with van der Waals surface area (Å²) >= 11 is 0. The Morgan fingerprint density at radius 1 is 0.952 bits per heavy atom. The molecule has 2 aromatic carbocycles. The van der Waals surface area contributed by atoms with Gasteiger partial charge in [-0.15, -0.1) is 0 Å². The molecular formula is C35H49N3O3S. The molecule has 0 saturated heterocycles. The van der Waals surface area contributed by atoms with Crippen LogP contribution in [0.1, 0.15) is 74.3 Å². The van der Waals surface area contributed by atoms with E-state index in [-0.39, 0.29) is 22.1 Å². The number of nitrogens with one attached hydrogen (secondary N) is 1. The summed E-state index contributed by atoms with van der Waals surface area (Å²) in [5, 5.41) is 1.99. The van der Waals surface area contributed by atoms with Crippen molar-refractivity contribution >= 4 is 31.8 Å². The Morgan fingerprint density at radius 2 is 1.64 bits per heavy atom. The molecule has 0 radical (unpaired) electrons. The predicted octanol–water partition coefficient (Wildman–Crippen LogP) is 8.43. The molecule has 0 aliphatic carbocycles. The van der Waals surface area contributed by atoms with Gasteiger partial charge < -0.3 is 9.72 Å². The van der Waals surface area contributed by atoms with Crippen LogP contribution >= 0.6 is 0 Å². The topological polar surface area (TPSA) is 75.3 Å². The van der Waals surface area contributed by atoms with E-state index in [2.05, 4.69) is 76.3 Å². The lowest BCUT2D eigenvalue weighted by Gasteiger charge is -2.57. The smallest absolute Gasteiger partial charge is 0.178 e. The maximum absolute atomic E-state index is 12.7. The van der Waals surface area contributed by atoms with Crippen LogP contribution < -0.4 is 4.74 Å². The number of hydrogen-bond donors (Lipinski definition) is 1. The van der Waals surface area contributed by atoms with E-state index in [1.165, 1.54) is 0 Å². The van der Waals surface area contributed by atoms with E-state index >= 15 is 0 Å². The molecule has 0 amide bonds. The van der Waals surface area contributed by atoms with Gasteiger partial charge in [-0.1, -0.05) is 67.5 Å². The summed E-state index contributed by atoms with van der Waals surface area (Å²) in [6.07, 6.45) is 2.75. The van der Waals surface area contributed by atoms with E-state index in [4.69, 9.17) is 4.74 Å². The van der Waals surface area contributed by atoms with E-state index in [1.54, 1.807) is 19.1 Å². The first-order chi connectivity index (χ1) is 19.5. The van der Waals surface area contributed by atoms with Crippen molar-refractivity contribution in [2.45, 2.75) is 86.1 Å². The minimum atomic E-state index is -3.33. The Labute approximate surface area is 252 Å². The molecule has 6 nitrogen and oxygen atoms in total. The fourth-order valence-electron chi connectivity index (χ4n) is 6.56. The monoisotopic (exact) mass is 591 g/mol. The molecule has 1 N–H and O–H groups in total. The minimum absolute atomic E-state index is 0.00413. The summed E-state index contributed by atoms with van der Waals surface area (Å²) in [7, 11) is -3.33. The number of H-pyrrole nitrogens is 1. The summed E-state index contributed by atoms with van der Waals surface area (Å²) < 4.78 is 31.8. The third-order valence-corrected chi connectivity index (χ3v) is 11.1. The van der Waals surface area contributed by atoms with Crippen LogP contribution in [0, 0.1) is 17.8 Å². The quantitative estimate of drug-likeness (QED) is 0.187. The van der Waals surface area contributed by atoms with Crippen LogP contribution in [0.2, 0.25) is 0 Å². The van der Waals surface area contributed by atoms with Gasteiger partial charge in [-0.3, -0.25) is 4.90 Å². The fourth-order valence-corrected chi connectivity index (χ4v) is 7.48. The predicted molar refractivity (Wildman–Crippen MR) is 176 cm³/mol. The van der Waals surface area contributed by atoms with Crippen molar-refractivity contribution in [3.63, 3.8) is 0 Å². The van der Waals surface area contributed by atoms with Crippen LogP contribution in [-0.2, 0) is 9.84 Å². The highest BCUT2D eigenvalue weighted by Gasteiger charge is 2.49. The summed E-state index contributed by atoms with van der Waals surface area (Å²) in [6, 6.07) is 13.4. The Balaban J connectivity index is 1.68. The van der Waals surface area contributed by atoms with Crippen LogP contribution in [0.3, 0.4) is 0 Å². The van der Waals surface area contributed by atoms with Crippen molar-refractivity contribution in [3.8, 4) is 16.9 Å². The highest BCUT2D eigenvalue weighted by atomic mass is 32.2. The van der Waals surface area contributed by atoms with Crippen molar-refractivity contribution in [3.05, 3.63) is 54.2 Å². The van der Waals surface area contributed by atoms with Crippen molar-refractivity contribution in [2.75, 3.05) is 25.4 Å². The molecule has 0 atom stereocenters. The molecule has 0 spiro atoms. The van der Waals surface area contributed by atoms with Crippen molar-refractivity contribution < 1.29 is 13.2 Å². The zero-order valence-electron chi connectivity index (χ0n) is 27.2. The van der Waals surface area contributed by atoms with E-state index in [1.807, 2.05) is 37.4 Å². The number of aromatic amines is 1. The van der Waals surface area contributed by atoms with Crippen LogP contribution in [0.5, 0.6) is 5.75 Å². The third-order valence-electron chi connectivity index (χ3n) is 9.35. The lowest BCUT2D eigenvalue weighted by atomic mass is 9.60. The van der Waals surface area contributed by atoms with Gasteiger partial charge in [0.15, 0.2) is 9.84 Å². The van der Waals surface area contributed by atoms with Gasteiger partial charge >= 0.3 is 0 Å². The number of ether oxygens (including phenoxy) is 1. The second-order valence-corrected chi connectivity index (χ2v) is 16.0. The van der Waals surface area contributed by atoms with Crippen molar-refractivity contribution in [2.24, 2.45) is 10.8 Å². The molecule has 0 aliphatic heterocycles. The molecule has 4 rings (SSSR count). The Kier molecular flexibility index (Phi) is 8.88. The van der Waals surface area contributed by atoms with Gasteiger partial charge in [0, 0.05) is 29.1 Å². The minimum Gasteiger partial charge on any atom is -0.491 e. The molecule has 0 bridgehead atoms. The number of sulfone groups is 1. The summed E-state index contributed by atoms with van der Waals surface area (Å²) in [5.41, 5.74) is 4.74. The molecule has 2 aromatic heterocycles. The number of rotatable bonds is 10. The van der Waals surface area contributed by atoms with Crippen molar-refractivity contribution in [1.29, 1.82) is 0 Å². The van der Waals surface area contributed by atoms with E-state index in [0.29, 0.717) is 11.5 Å². The standard InChI is InChI=1S/C35H49N3O3S/c1-11-38(35(10,33(4,5)6)34(7,8)9)19-14-20-41-29-18-17-27(25-15-13-16-26(22-25)42(39,40)12-2)30-28-21-24(3)23-36-32(28)37-31(29)30/h13,15-18,21-23H,11-12,14,19-20H2,1-10H3,(H,36,37). The number of pyridine rings is 1. The molecule has 0 aliphatic rings. The largest absolute Gasteiger partial charge is 0.491 e. The molecule has 0 unspecified atom stereocenters. The van der Waals surface area contributed by atoms with Crippen LogP contribution in [0.15, 0.2) is 53.6 Å². The number of aryl methyl sites for hydroxylation is 1. The van der Waals surface area contributed by atoms with Crippen LogP contribution in [-0.4, -0.2) is 54.3 Å². The van der Waals surface area contributed by atoms with Gasteiger partial charge in [-0.25, -0.2) is 13.4 Å². The normalized spacial score (nSPS) is 13.4. The van der Waals surface area contributed by atoms with Gasteiger partial charge in [0.2, 0.25) is 0 Å². The third kappa shape index (κ3) is 5.83. The van der Waals surface area contributed by atoms with Gasteiger partial charge in [0.1, 0.15) is 11.4 Å². The Bertz CT molecular complexity index is 1660. The zero-order chi connectivity index (χ0) is 31.1. The molecule has 7 heteroatoms. The zero-order valence-corrected chi connectivity index (χ0v) is 28.0. The number of benzene rings is 2. The molecule has 42 heavy (non-hydrogen) atoms. The first-order valence-corrected chi connectivity index (χ1v) is 16.8. The maximum Gasteiger partial charge on any atom is 0.178 e. The second-order valence-electron chi connectivity index (χ2n) is 13.7. The lowest BCUT2D eigenvalue weighted by molar-refractivity contribution is -0.0733. The van der Waals surface area contributed by atoms with E-state index in [0.717, 1.165) is 63.9 Å². The van der Waals surface area contributed by atoms with Gasteiger partial charge in [0.05, 0.1) is 22.8 Å². The summed E-state index contributed by atoms with van der Waals surface area (Å²) in [5.74, 6) is 0.841. The average molecular weight is 592 g/mol. The molecule has 0 saturated carbocycles. The SMILES string of the molecule is CCN(CCCOc1ccc(-c2cccc(S(=O)(=O)CC)c2)c2c1[nH]c1ncc(C)cc12)C(C)(C(C)(C)C)C(C)(C)C. The first kappa shape index (κ1) is 32.0. The highest BCUT2D eigenvalue weighted by molar-refractivity contribution is 7.91. The van der Waals surface area contributed by atoms with E-state index in [9.17, 15) is 8.42 Å². The molecule has 4 aromatic rings. The molecule has 2 heterocycles. The molecule has 0 fully saturated rings. The number of fused-ring (bicyclic) bond motifs is 3. The summed E-state index contributed by atoms with van der Waals surface area (Å²) in [4.78, 5) is 11.1. The Morgan fingerprint density at radius 3 is 2.26 bits per heavy atom. The number of aromatic nitrogens is 2. The molecule has 228 valence electrons. The summed E-state index contributed by atoms with van der Waals surface area (Å²) in [6.45, 7) is 24.9. The number of nitrogens with zero attached hydrogens (tertiary/aromatic N) is 2. The Hall–Kier alpha value is -2.90. The fraction of sp³-hybridized carbons (Fsp3) is 0.514.